The van der Waals surface area contributed by atoms with Crippen molar-refractivity contribution in [3.63, 3.8) is 0 Å². The van der Waals surface area contributed by atoms with Gasteiger partial charge in [0.05, 0.1) is 12.7 Å². The van der Waals surface area contributed by atoms with Gasteiger partial charge in [0.2, 0.25) is 0 Å². The molecule has 1 aromatic carbocycles. The van der Waals surface area contributed by atoms with E-state index in [4.69, 9.17) is 17.3 Å². The standard InChI is InChI=1S/C14H18ClN3/c1-10(2)14-12(7-16)8-17-18(14)9-11-4-3-5-13(15)6-11/h3-6,8,10H,7,9,16H2,1-2H3. The van der Waals surface area contributed by atoms with Crippen LogP contribution >= 0.6 is 11.6 Å². The fourth-order valence-electron chi connectivity index (χ4n) is 2.19. The van der Waals surface area contributed by atoms with E-state index < -0.39 is 0 Å². The molecule has 0 atom stereocenters. The van der Waals surface area contributed by atoms with Gasteiger partial charge in [-0.05, 0) is 23.6 Å². The van der Waals surface area contributed by atoms with Gasteiger partial charge in [-0.1, -0.05) is 37.6 Å². The second-order valence-corrected chi connectivity index (χ2v) is 5.14. The number of nitrogens with two attached hydrogens (primary N) is 1. The molecule has 0 bridgehead atoms. The minimum absolute atomic E-state index is 0.408. The predicted octanol–water partition coefficient (Wildman–Crippen LogP) is 3.17. The second-order valence-electron chi connectivity index (χ2n) is 4.70. The summed E-state index contributed by atoms with van der Waals surface area (Å²) in [5, 5.41) is 5.18. The number of benzene rings is 1. The zero-order valence-electron chi connectivity index (χ0n) is 10.7. The maximum Gasteiger partial charge on any atom is 0.0663 e. The Balaban J connectivity index is 2.32. The van der Waals surface area contributed by atoms with Crippen molar-refractivity contribution in [2.24, 2.45) is 5.73 Å². The third kappa shape index (κ3) is 2.74. The van der Waals surface area contributed by atoms with Crippen molar-refractivity contribution in [3.8, 4) is 0 Å². The Morgan fingerprint density at radius 3 is 2.78 bits per heavy atom. The third-order valence-corrected chi connectivity index (χ3v) is 3.18. The van der Waals surface area contributed by atoms with Crippen LogP contribution < -0.4 is 5.73 Å². The largest absolute Gasteiger partial charge is 0.326 e. The molecule has 2 N–H and O–H groups in total. The first-order valence-corrected chi connectivity index (χ1v) is 6.48. The molecule has 3 nitrogen and oxygen atoms in total. The Kier molecular flexibility index (Phi) is 4.04. The first kappa shape index (κ1) is 13.1. The molecule has 96 valence electrons. The van der Waals surface area contributed by atoms with Crippen LogP contribution in [0.5, 0.6) is 0 Å². The lowest BCUT2D eigenvalue weighted by Crippen LogP contribution is -2.10. The number of halogens is 1. The van der Waals surface area contributed by atoms with E-state index in [2.05, 4.69) is 25.0 Å². The van der Waals surface area contributed by atoms with Crippen LogP contribution in [0.2, 0.25) is 5.02 Å². The van der Waals surface area contributed by atoms with E-state index in [1.807, 2.05) is 29.1 Å². The van der Waals surface area contributed by atoms with Gasteiger partial charge in [0.25, 0.3) is 0 Å². The Labute approximate surface area is 113 Å². The van der Waals surface area contributed by atoms with E-state index >= 15 is 0 Å². The normalized spacial score (nSPS) is 11.2. The van der Waals surface area contributed by atoms with Crippen molar-refractivity contribution >= 4 is 11.6 Å². The van der Waals surface area contributed by atoms with E-state index in [0.29, 0.717) is 12.5 Å². The Bertz CT molecular complexity index is 532. The molecule has 0 aliphatic rings. The summed E-state index contributed by atoms with van der Waals surface area (Å²) in [6.45, 7) is 5.58. The van der Waals surface area contributed by atoms with Crippen LogP contribution in [0.25, 0.3) is 0 Å². The second kappa shape index (κ2) is 5.55. The molecule has 0 spiro atoms. The monoisotopic (exact) mass is 263 g/mol. The van der Waals surface area contributed by atoms with Crippen LogP contribution in [-0.4, -0.2) is 9.78 Å². The molecule has 0 fully saturated rings. The first-order valence-electron chi connectivity index (χ1n) is 6.11. The van der Waals surface area contributed by atoms with Gasteiger partial charge in [-0.15, -0.1) is 0 Å². The van der Waals surface area contributed by atoms with Gasteiger partial charge in [-0.3, -0.25) is 4.68 Å². The summed E-state index contributed by atoms with van der Waals surface area (Å²) in [5.74, 6) is 0.408. The van der Waals surface area contributed by atoms with Crippen LogP contribution in [0.15, 0.2) is 30.5 Å². The van der Waals surface area contributed by atoms with E-state index in [0.717, 1.165) is 22.7 Å². The van der Waals surface area contributed by atoms with E-state index in [1.165, 1.54) is 5.69 Å². The summed E-state index contributed by atoms with van der Waals surface area (Å²) in [6.07, 6.45) is 1.86. The topological polar surface area (TPSA) is 43.8 Å². The summed E-state index contributed by atoms with van der Waals surface area (Å²) in [6, 6.07) is 7.86. The molecule has 0 aliphatic heterocycles. The average molecular weight is 264 g/mol. The van der Waals surface area contributed by atoms with E-state index in [9.17, 15) is 0 Å². The van der Waals surface area contributed by atoms with Crippen molar-refractivity contribution in [3.05, 3.63) is 52.3 Å². The van der Waals surface area contributed by atoms with Crippen LogP contribution in [0.4, 0.5) is 0 Å². The maximum atomic E-state index is 6.00. The molecule has 2 aromatic rings. The highest BCUT2D eigenvalue weighted by Crippen LogP contribution is 2.20. The summed E-state index contributed by atoms with van der Waals surface area (Å²) in [7, 11) is 0. The number of hydrogen-bond acceptors (Lipinski definition) is 2. The number of hydrogen-bond donors (Lipinski definition) is 1. The molecule has 0 amide bonds. The number of nitrogens with zero attached hydrogens (tertiary/aromatic N) is 2. The molecule has 0 unspecified atom stereocenters. The van der Waals surface area contributed by atoms with Gasteiger partial charge >= 0.3 is 0 Å². The molecule has 18 heavy (non-hydrogen) atoms. The lowest BCUT2D eigenvalue weighted by atomic mass is 10.1. The summed E-state index contributed by atoms with van der Waals surface area (Å²) in [4.78, 5) is 0. The quantitative estimate of drug-likeness (QED) is 0.921. The average Bonchev–Trinajstić information content (AvgIpc) is 2.72. The van der Waals surface area contributed by atoms with Crippen LogP contribution in [0, 0.1) is 0 Å². The van der Waals surface area contributed by atoms with E-state index in [-0.39, 0.29) is 0 Å². The van der Waals surface area contributed by atoms with Crippen molar-refractivity contribution < 1.29 is 0 Å². The number of aromatic nitrogens is 2. The molecule has 0 aliphatic carbocycles. The Morgan fingerprint density at radius 1 is 1.39 bits per heavy atom. The van der Waals surface area contributed by atoms with Gasteiger partial charge in [0.15, 0.2) is 0 Å². The van der Waals surface area contributed by atoms with E-state index in [1.54, 1.807) is 0 Å². The molecule has 1 aromatic heterocycles. The molecule has 4 heteroatoms. The Hall–Kier alpha value is -1.32. The summed E-state index contributed by atoms with van der Waals surface area (Å²) < 4.78 is 2.01. The molecule has 1 heterocycles. The highest BCUT2D eigenvalue weighted by atomic mass is 35.5. The van der Waals surface area contributed by atoms with Crippen LogP contribution in [0.1, 0.15) is 36.6 Å². The minimum Gasteiger partial charge on any atom is -0.326 e. The summed E-state index contributed by atoms with van der Waals surface area (Å²) in [5.41, 5.74) is 9.22. The molecule has 0 saturated heterocycles. The SMILES string of the molecule is CC(C)c1c(CN)cnn1Cc1cccc(Cl)c1. The fraction of sp³-hybridized carbons (Fsp3) is 0.357. The predicted molar refractivity (Wildman–Crippen MR) is 74.8 cm³/mol. The van der Waals surface area contributed by atoms with Gasteiger partial charge in [0.1, 0.15) is 0 Å². The summed E-state index contributed by atoms with van der Waals surface area (Å²) >= 11 is 6.00. The van der Waals surface area contributed by atoms with Crippen molar-refractivity contribution in [1.29, 1.82) is 0 Å². The molecule has 0 saturated carbocycles. The number of rotatable bonds is 4. The lowest BCUT2D eigenvalue weighted by molar-refractivity contribution is 0.614. The molecule has 0 radical (unpaired) electrons. The zero-order chi connectivity index (χ0) is 13.1. The Morgan fingerprint density at radius 2 is 2.17 bits per heavy atom. The molecule has 2 rings (SSSR count). The third-order valence-electron chi connectivity index (χ3n) is 2.95. The molecular weight excluding hydrogens is 246 g/mol. The van der Waals surface area contributed by atoms with Crippen molar-refractivity contribution in [1.82, 2.24) is 9.78 Å². The minimum atomic E-state index is 0.408. The van der Waals surface area contributed by atoms with Crippen molar-refractivity contribution in [2.75, 3.05) is 0 Å². The highest BCUT2D eigenvalue weighted by molar-refractivity contribution is 6.30. The van der Waals surface area contributed by atoms with Crippen LogP contribution in [-0.2, 0) is 13.1 Å². The van der Waals surface area contributed by atoms with Gasteiger partial charge in [-0.2, -0.15) is 5.10 Å². The molecular formula is C14H18ClN3. The zero-order valence-corrected chi connectivity index (χ0v) is 11.5. The van der Waals surface area contributed by atoms with Crippen molar-refractivity contribution in [2.45, 2.75) is 32.9 Å². The van der Waals surface area contributed by atoms with Gasteiger partial charge < -0.3 is 5.73 Å². The first-order chi connectivity index (χ1) is 8.61. The highest BCUT2D eigenvalue weighted by Gasteiger charge is 2.13. The van der Waals surface area contributed by atoms with Crippen LogP contribution in [0.3, 0.4) is 0 Å². The lowest BCUT2D eigenvalue weighted by Gasteiger charge is -2.12. The van der Waals surface area contributed by atoms with Gasteiger partial charge in [-0.25, -0.2) is 0 Å². The van der Waals surface area contributed by atoms with Gasteiger partial charge in [0, 0.05) is 22.8 Å². The maximum absolute atomic E-state index is 6.00. The smallest absolute Gasteiger partial charge is 0.0663 e. The fourth-order valence-corrected chi connectivity index (χ4v) is 2.41.